The summed E-state index contributed by atoms with van der Waals surface area (Å²) < 4.78 is 49.2. The molecule has 34 heavy (non-hydrogen) atoms. The topological polar surface area (TPSA) is 87.2 Å². The zero-order valence-electron chi connectivity index (χ0n) is 19.6. The predicted octanol–water partition coefficient (Wildman–Crippen LogP) is 3.13. The number of hydrogen-bond acceptors (Lipinski definition) is 5. The molecular formula is C25H31FN2O5S. The van der Waals surface area contributed by atoms with Gasteiger partial charge in [-0.2, -0.15) is 4.31 Å². The molecular weight excluding hydrogens is 459 g/mol. The van der Waals surface area contributed by atoms with Gasteiger partial charge in [-0.25, -0.2) is 12.8 Å². The molecule has 0 spiro atoms. The van der Waals surface area contributed by atoms with Gasteiger partial charge >= 0.3 is 0 Å². The SMILES string of the molecule is C[C@H](CO)N1C[C@H](C)[C@@H](CN(C)C(=O)C2CC2)Oc2cc(-c3ccccc3F)ccc2S1(=O)=O. The van der Waals surface area contributed by atoms with Gasteiger partial charge in [0, 0.05) is 37.0 Å². The molecule has 1 N–H and O–H groups in total. The highest BCUT2D eigenvalue weighted by Crippen LogP contribution is 2.37. The zero-order chi connectivity index (χ0) is 24.6. The number of hydrogen-bond donors (Lipinski definition) is 1. The first-order chi connectivity index (χ1) is 16.1. The number of aliphatic hydroxyl groups is 1. The second-order valence-electron chi connectivity index (χ2n) is 9.37. The van der Waals surface area contributed by atoms with Crippen molar-refractivity contribution in [3.8, 4) is 16.9 Å². The van der Waals surface area contributed by atoms with Crippen molar-refractivity contribution in [3.05, 3.63) is 48.3 Å². The highest BCUT2D eigenvalue weighted by Gasteiger charge is 2.39. The number of sulfonamides is 1. The smallest absolute Gasteiger partial charge is 0.247 e. The third-order valence-electron chi connectivity index (χ3n) is 6.61. The third kappa shape index (κ3) is 4.82. The lowest BCUT2D eigenvalue weighted by Gasteiger charge is -2.37. The molecule has 1 fully saturated rings. The molecule has 2 aromatic carbocycles. The molecule has 2 aromatic rings. The molecule has 184 valence electrons. The molecule has 9 heteroatoms. The molecule has 3 atom stereocenters. The van der Waals surface area contributed by atoms with E-state index in [1.54, 1.807) is 49.2 Å². The summed E-state index contributed by atoms with van der Waals surface area (Å²) in [6, 6.07) is 10.1. The van der Waals surface area contributed by atoms with Gasteiger partial charge in [0.2, 0.25) is 15.9 Å². The Bertz CT molecular complexity index is 1170. The van der Waals surface area contributed by atoms with Crippen LogP contribution in [0.2, 0.25) is 0 Å². The third-order valence-corrected chi connectivity index (χ3v) is 8.63. The number of carbonyl (C=O) groups excluding carboxylic acids is 1. The number of carbonyl (C=O) groups is 1. The molecule has 4 rings (SSSR count). The van der Waals surface area contributed by atoms with Crippen LogP contribution in [0.5, 0.6) is 5.75 Å². The van der Waals surface area contributed by atoms with E-state index in [9.17, 15) is 22.7 Å². The van der Waals surface area contributed by atoms with Crippen LogP contribution in [0.1, 0.15) is 26.7 Å². The molecule has 1 amide bonds. The summed E-state index contributed by atoms with van der Waals surface area (Å²) in [4.78, 5) is 14.2. The predicted molar refractivity (Wildman–Crippen MR) is 126 cm³/mol. The van der Waals surface area contributed by atoms with Gasteiger partial charge in [-0.15, -0.1) is 0 Å². The van der Waals surface area contributed by atoms with E-state index < -0.39 is 28.0 Å². The number of nitrogens with zero attached hydrogens (tertiary/aromatic N) is 2. The highest BCUT2D eigenvalue weighted by molar-refractivity contribution is 7.89. The number of benzene rings is 2. The maximum absolute atomic E-state index is 14.5. The lowest BCUT2D eigenvalue weighted by molar-refractivity contribution is -0.132. The Labute approximate surface area is 200 Å². The van der Waals surface area contributed by atoms with E-state index in [0.29, 0.717) is 17.7 Å². The van der Waals surface area contributed by atoms with Crippen LogP contribution in [-0.2, 0) is 14.8 Å². The minimum atomic E-state index is -3.99. The maximum Gasteiger partial charge on any atom is 0.247 e. The van der Waals surface area contributed by atoms with E-state index >= 15 is 0 Å². The van der Waals surface area contributed by atoms with Crippen LogP contribution in [0.4, 0.5) is 4.39 Å². The average Bonchev–Trinajstić information content (AvgIpc) is 3.66. The van der Waals surface area contributed by atoms with Gasteiger partial charge in [0.05, 0.1) is 13.2 Å². The largest absolute Gasteiger partial charge is 0.487 e. The van der Waals surface area contributed by atoms with Crippen LogP contribution < -0.4 is 4.74 Å². The number of fused-ring (bicyclic) bond motifs is 1. The average molecular weight is 491 g/mol. The van der Waals surface area contributed by atoms with Crippen LogP contribution in [-0.4, -0.2) is 67.5 Å². The molecule has 0 aromatic heterocycles. The molecule has 1 saturated carbocycles. The number of halogens is 1. The van der Waals surface area contributed by atoms with Gasteiger partial charge in [-0.3, -0.25) is 4.79 Å². The van der Waals surface area contributed by atoms with Gasteiger partial charge in [-0.1, -0.05) is 31.2 Å². The van der Waals surface area contributed by atoms with Gasteiger partial charge in [0.25, 0.3) is 0 Å². The summed E-state index contributed by atoms with van der Waals surface area (Å²) >= 11 is 0. The Kier molecular flexibility index (Phi) is 6.98. The van der Waals surface area contributed by atoms with Crippen LogP contribution >= 0.6 is 0 Å². The van der Waals surface area contributed by atoms with Crippen molar-refractivity contribution >= 4 is 15.9 Å². The van der Waals surface area contributed by atoms with Crippen LogP contribution in [0, 0.1) is 17.7 Å². The number of amides is 1. The van der Waals surface area contributed by atoms with Gasteiger partial charge in [0.1, 0.15) is 22.6 Å². The Hall–Kier alpha value is -2.49. The quantitative estimate of drug-likeness (QED) is 0.672. The molecule has 0 saturated heterocycles. The summed E-state index contributed by atoms with van der Waals surface area (Å²) in [5.74, 6) is -0.471. The molecule has 7 nitrogen and oxygen atoms in total. The van der Waals surface area contributed by atoms with E-state index in [4.69, 9.17) is 4.74 Å². The molecule has 0 unspecified atom stereocenters. The fraction of sp³-hybridized carbons (Fsp3) is 0.480. The summed E-state index contributed by atoms with van der Waals surface area (Å²) in [5, 5.41) is 9.76. The van der Waals surface area contributed by atoms with E-state index in [1.165, 1.54) is 16.4 Å². The highest BCUT2D eigenvalue weighted by atomic mass is 32.2. The van der Waals surface area contributed by atoms with Crippen molar-refractivity contribution < 1.29 is 27.4 Å². The molecule has 0 radical (unpaired) electrons. The Morgan fingerprint density at radius 1 is 1.26 bits per heavy atom. The minimum Gasteiger partial charge on any atom is -0.487 e. The Morgan fingerprint density at radius 3 is 2.62 bits per heavy atom. The van der Waals surface area contributed by atoms with Crippen molar-refractivity contribution in [2.45, 2.75) is 43.7 Å². The maximum atomic E-state index is 14.5. The van der Waals surface area contributed by atoms with E-state index in [2.05, 4.69) is 0 Å². The Balaban J connectivity index is 1.78. The first-order valence-electron chi connectivity index (χ1n) is 11.6. The molecule has 1 heterocycles. The number of aliphatic hydroxyl groups excluding tert-OH is 1. The number of rotatable bonds is 6. The summed E-state index contributed by atoms with van der Waals surface area (Å²) in [6.07, 6.45) is 1.28. The summed E-state index contributed by atoms with van der Waals surface area (Å²) in [5.41, 5.74) is 0.822. The second-order valence-corrected chi connectivity index (χ2v) is 11.2. The Morgan fingerprint density at radius 2 is 1.97 bits per heavy atom. The van der Waals surface area contributed by atoms with E-state index in [0.717, 1.165) is 12.8 Å². The van der Waals surface area contributed by atoms with E-state index in [1.807, 2.05) is 6.92 Å². The van der Waals surface area contributed by atoms with Gasteiger partial charge in [-0.05, 0) is 43.5 Å². The molecule has 0 bridgehead atoms. The minimum absolute atomic E-state index is 0.0408. The summed E-state index contributed by atoms with van der Waals surface area (Å²) in [7, 11) is -2.26. The normalized spacial score (nSPS) is 23.2. The van der Waals surface area contributed by atoms with Crippen molar-refractivity contribution in [2.75, 3.05) is 26.7 Å². The molecule has 1 aliphatic carbocycles. The standard InChI is InChI=1S/C25H31FN2O5S/c1-16-13-28(17(2)15-29)34(31,32)24-11-10-19(20-6-4-5-7-21(20)26)12-22(24)33-23(16)14-27(3)25(30)18-8-9-18/h4-7,10-12,16-18,23,29H,8-9,13-15H2,1-3H3/t16-,17+,23+/m0/s1. The van der Waals surface area contributed by atoms with Crippen molar-refractivity contribution in [1.82, 2.24) is 9.21 Å². The van der Waals surface area contributed by atoms with Crippen LogP contribution in [0.3, 0.4) is 0 Å². The fourth-order valence-corrected chi connectivity index (χ4v) is 6.13. The van der Waals surface area contributed by atoms with Crippen LogP contribution in [0.15, 0.2) is 47.4 Å². The lowest BCUT2D eigenvalue weighted by Crippen LogP contribution is -2.50. The zero-order valence-corrected chi connectivity index (χ0v) is 20.5. The van der Waals surface area contributed by atoms with Crippen molar-refractivity contribution in [3.63, 3.8) is 0 Å². The monoisotopic (exact) mass is 490 g/mol. The van der Waals surface area contributed by atoms with E-state index in [-0.39, 0.29) is 41.5 Å². The van der Waals surface area contributed by atoms with Crippen molar-refractivity contribution in [2.24, 2.45) is 11.8 Å². The van der Waals surface area contributed by atoms with Gasteiger partial charge in [0.15, 0.2) is 0 Å². The summed E-state index contributed by atoms with van der Waals surface area (Å²) in [6.45, 7) is 3.62. The first kappa shape index (κ1) is 24.6. The van der Waals surface area contributed by atoms with Crippen LogP contribution in [0.25, 0.3) is 11.1 Å². The van der Waals surface area contributed by atoms with Gasteiger partial charge < -0.3 is 14.7 Å². The number of likely N-dealkylation sites (N-methyl/N-ethyl adjacent to an activating group) is 1. The fourth-order valence-electron chi connectivity index (χ4n) is 4.31. The second kappa shape index (κ2) is 9.64. The lowest BCUT2D eigenvalue weighted by atomic mass is 10.0. The first-order valence-corrected chi connectivity index (χ1v) is 13.0. The van der Waals surface area contributed by atoms with Crippen molar-refractivity contribution in [1.29, 1.82) is 0 Å². The molecule has 2 aliphatic rings. The molecule has 1 aliphatic heterocycles. The number of ether oxygens (including phenoxy) is 1.